The fraction of sp³-hybridized carbons (Fsp3) is 0.200. The number of rotatable bonds is 0. The Labute approximate surface area is 66.1 Å². The molecule has 1 nitrogen and oxygen atoms in total. The van der Waals surface area contributed by atoms with Gasteiger partial charge in [-0.3, -0.25) is 4.99 Å². The highest BCUT2D eigenvalue weighted by Crippen LogP contribution is 2.20. The molecule has 0 aromatic heterocycles. The van der Waals surface area contributed by atoms with E-state index >= 15 is 0 Å². The third-order valence-electron chi connectivity index (χ3n) is 1.99. The Morgan fingerprint density at radius 1 is 1.55 bits per heavy atom. The molecule has 1 heterocycles. The van der Waals surface area contributed by atoms with Crippen LogP contribution in [-0.4, -0.2) is 5.71 Å². The van der Waals surface area contributed by atoms with Crippen LogP contribution in [0.4, 0.5) is 0 Å². The summed E-state index contributed by atoms with van der Waals surface area (Å²) < 4.78 is 0. The molecule has 0 amide bonds. The third kappa shape index (κ3) is 0.997. The molecule has 2 rings (SSSR count). The molecular weight excluding hydrogens is 134 g/mol. The van der Waals surface area contributed by atoms with Crippen LogP contribution in [0.5, 0.6) is 0 Å². The van der Waals surface area contributed by atoms with Crippen LogP contribution in [-0.2, 0) is 0 Å². The maximum atomic E-state index is 4.22. The van der Waals surface area contributed by atoms with Crippen LogP contribution < -0.4 is 0 Å². The fourth-order valence-electron chi connectivity index (χ4n) is 1.33. The van der Waals surface area contributed by atoms with Gasteiger partial charge in [0, 0.05) is 5.92 Å². The van der Waals surface area contributed by atoms with Gasteiger partial charge >= 0.3 is 0 Å². The lowest BCUT2D eigenvalue weighted by atomic mass is 9.90. The molecular formula is C10H9N. The molecule has 1 aliphatic heterocycles. The second-order valence-electron chi connectivity index (χ2n) is 2.76. The van der Waals surface area contributed by atoms with Crippen LogP contribution in [0.15, 0.2) is 46.8 Å². The van der Waals surface area contributed by atoms with E-state index in [2.05, 4.69) is 29.8 Å². The van der Waals surface area contributed by atoms with E-state index in [0.29, 0.717) is 5.92 Å². The molecule has 54 valence electrons. The summed E-state index contributed by atoms with van der Waals surface area (Å²) in [4.78, 5) is 4.22. The quantitative estimate of drug-likeness (QED) is 0.461. The van der Waals surface area contributed by atoms with Crippen molar-refractivity contribution >= 4 is 5.71 Å². The first-order chi connectivity index (χ1) is 5.38. The zero-order valence-corrected chi connectivity index (χ0v) is 6.41. The maximum absolute atomic E-state index is 4.22. The van der Waals surface area contributed by atoms with Gasteiger partial charge in [-0.15, -0.1) is 5.73 Å². The highest BCUT2D eigenvalue weighted by Gasteiger charge is 2.15. The van der Waals surface area contributed by atoms with Crippen LogP contribution in [0.1, 0.15) is 6.92 Å². The van der Waals surface area contributed by atoms with Gasteiger partial charge in [-0.05, 0) is 19.1 Å². The summed E-state index contributed by atoms with van der Waals surface area (Å²) in [5.41, 5.74) is 5.47. The first kappa shape index (κ1) is 6.38. The smallest absolute Gasteiger partial charge is 0.0687 e. The Morgan fingerprint density at radius 2 is 2.45 bits per heavy atom. The predicted octanol–water partition coefficient (Wildman–Crippen LogP) is 2.24. The molecule has 1 aliphatic carbocycles. The SMILES string of the molecule is CC1=CC=CC2=NC=C=CC12. The second-order valence-corrected chi connectivity index (χ2v) is 2.76. The molecule has 1 unspecified atom stereocenters. The number of fused-ring (bicyclic) bond motifs is 1. The molecule has 0 bridgehead atoms. The van der Waals surface area contributed by atoms with E-state index < -0.39 is 0 Å². The van der Waals surface area contributed by atoms with Gasteiger partial charge in [-0.1, -0.05) is 17.7 Å². The van der Waals surface area contributed by atoms with Crippen molar-refractivity contribution in [2.45, 2.75) is 6.92 Å². The first-order valence-electron chi connectivity index (χ1n) is 3.71. The molecule has 0 radical (unpaired) electrons. The second kappa shape index (κ2) is 2.37. The van der Waals surface area contributed by atoms with Crippen molar-refractivity contribution in [2.24, 2.45) is 10.9 Å². The minimum absolute atomic E-state index is 0.380. The Balaban J connectivity index is 2.48. The van der Waals surface area contributed by atoms with Crippen molar-refractivity contribution in [3.8, 4) is 0 Å². The summed E-state index contributed by atoms with van der Waals surface area (Å²) in [6, 6.07) is 0. The maximum Gasteiger partial charge on any atom is 0.0687 e. The minimum atomic E-state index is 0.380. The van der Waals surface area contributed by atoms with E-state index in [1.165, 1.54) is 5.57 Å². The fourth-order valence-corrected chi connectivity index (χ4v) is 1.33. The van der Waals surface area contributed by atoms with Crippen molar-refractivity contribution in [3.63, 3.8) is 0 Å². The number of hydrogen-bond acceptors (Lipinski definition) is 1. The topological polar surface area (TPSA) is 12.4 Å². The Bertz CT molecular complexity index is 323. The lowest BCUT2D eigenvalue weighted by Gasteiger charge is -2.16. The third-order valence-corrected chi connectivity index (χ3v) is 1.99. The van der Waals surface area contributed by atoms with Gasteiger partial charge in [0.1, 0.15) is 0 Å². The van der Waals surface area contributed by atoms with Gasteiger partial charge in [0.05, 0.1) is 11.9 Å². The lowest BCUT2D eigenvalue weighted by molar-refractivity contribution is 1.01. The lowest BCUT2D eigenvalue weighted by Crippen LogP contribution is -2.14. The molecule has 0 spiro atoms. The van der Waals surface area contributed by atoms with E-state index in [9.17, 15) is 0 Å². The highest BCUT2D eigenvalue weighted by atomic mass is 14.7. The Morgan fingerprint density at radius 3 is 3.27 bits per heavy atom. The van der Waals surface area contributed by atoms with Gasteiger partial charge in [-0.25, -0.2) is 0 Å². The summed E-state index contributed by atoms with van der Waals surface area (Å²) in [5, 5.41) is 0. The van der Waals surface area contributed by atoms with E-state index in [-0.39, 0.29) is 0 Å². The molecule has 1 heteroatoms. The average Bonchev–Trinajstić information content (AvgIpc) is 2.06. The van der Waals surface area contributed by atoms with Crippen molar-refractivity contribution < 1.29 is 0 Å². The summed E-state index contributed by atoms with van der Waals surface area (Å²) in [7, 11) is 0. The molecule has 0 aromatic rings. The monoisotopic (exact) mass is 143 g/mol. The molecule has 0 fully saturated rings. The normalized spacial score (nSPS) is 26.1. The van der Waals surface area contributed by atoms with E-state index in [1.807, 2.05) is 12.2 Å². The van der Waals surface area contributed by atoms with Crippen molar-refractivity contribution in [2.75, 3.05) is 0 Å². The van der Waals surface area contributed by atoms with Crippen molar-refractivity contribution in [1.82, 2.24) is 0 Å². The van der Waals surface area contributed by atoms with Crippen LogP contribution in [0.2, 0.25) is 0 Å². The first-order valence-corrected chi connectivity index (χ1v) is 3.71. The number of aliphatic imine (C=N–C) groups is 1. The summed E-state index contributed by atoms with van der Waals surface area (Å²) in [5.74, 6) is 0.380. The summed E-state index contributed by atoms with van der Waals surface area (Å²) in [6.07, 6.45) is 9.98. The molecule has 0 aromatic carbocycles. The summed E-state index contributed by atoms with van der Waals surface area (Å²) >= 11 is 0. The molecule has 0 N–H and O–H groups in total. The zero-order chi connectivity index (χ0) is 7.68. The minimum Gasteiger partial charge on any atom is -0.252 e. The molecule has 1 atom stereocenters. The van der Waals surface area contributed by atoms with Crippen LogP contribution in [0.3, 0.4) is 0 Å². The number of allylic oxidation sites excluding steroid dienone is 5. The van der Waals surface area contributed by atoms with Crippen LogP contribution >= 0.6 is 0 Å². The van der Waals surface area contributed by atoms with E-state index in [0.717, 1.165) is 5.71 Å². The van der Waals surface area contributed by atoms with Gasteiger partial charge in [0.25, 0.3) is 0 Å². The van der Waals surface area contributed by atoms with Gasteiger partial charge in [0.15, 0.2) is 0 Å². The van der Waals surface area contributed by atoms with Gasteiger partial charge < -0.3 is 0 Å². The predicted molar refractivity (Wildman–Crippen MR) is 46.5 cm³/mol. The highest BCUT2D eigenvalue weighted by molar-refractivity contribution is 6.02. The van der Waals surface area contributed by atoms with Gasteiger partial charge in [0.2, 0.25) is 0 Å². The van der Waals surface area contributed by atoms with Crippen LogP contribution in [0, 0.1) is 5.92 Å². The Hall–Kier alpha value is -1.33. The van der Waals surface area contributed by atoms with Gasteiger partial charge in [-0.2, -0.15) is 0 Å². The standard InChI is InChI=1S/C10H9N/c1-8-4-2-6-10-9(8)5-3-7-11-10/h2,4-7,9H,1H3. The zero-order valence-electron chi connectivity index (χ0n) is 6.41. The average molecular weight is 143 g/mol. The number of hydrogen-bond donors (Lipinski definition) is 0. The largest absolute Gasteiger partial charge is 0.252 e. The molecule has 11 heavy (non-hydrogen) atoms. The van der Waals surface area contributed by atoms with E-state index in [1.54, 1.807) is 6.20 Å². The van der Waals surface area contributed by atoms with Crippen molar-refractivity contribution in [1.29, 1.82) is 0 Å². The molecule has 2 aliphatic rings. The molecule has 0 saturated heterocycles. The Kier molecular flexibility index (Phi) is 1.38. The van der Waals surface area contributed by atoms with Crippen molar-refractivity contribution in [3.05, 3.63) is 41.8 Å². The summed E-state index contributed by atoms with van der Waals surface area (Å²) in [6.45, 7) is 2.12. The van der Waals surface area contributed by atoms with Crippen LogP contribution in [0.25, 0.3) is 0 Å². The number of nitrogens with zero attached hydrogens (tertiary/aromatic N) is 1. The molecule has 0 saturated carbocycles. The van der Waals surface area contributed by atoms with E-state index in [4.69, 9.17) is 0 Å².